The summed E-state index contributed by atoms with van der Waals surface area (Å²) < 4.78 is 0. The monoisotopic (exact) mass is 303 g/mol. The van der Waals surface area contributed by atoms with E-state index in [2.05, 4.69) is 36.1 Å². The molecule has 1 unspecified atom stereocenters. The maximum atomic E-state index is 10.3. The Bertz CT molecular complexity index is 568. The van der Waals surface area contributed by atoms with E-state index in [0.29, 0.717) is 11.4 Å². The quantitative estimate of drug-likeness (QED) is 0.851. The van der Waals surface area contributed by atoms with Gasteiger partial charge in [0.15, 0.2) is 0 Å². The molecule has 0 aliphatic carbocycles. The average molecular weight is 304 g/mol. The molecular formula is C18H22ClNO. The van der Waals surface area contributed by atoms with Crippen molar-refractivity contribution in [2.24, 2.45) is 0 Å². The summed E-state index contributed by atoms with van der Waals surface area (Å²) in [6, 6.07) is 16.0. The van der Waals surface area contributed by atoms with Crippen LogP contribution in [-0.4, -0.2) is 18.7 Å². The van der Waals surface area contributed by atoms with Crippen LogP contribution in [0.1, 0.15) is 30.6 Å². The van der Waals surface area contributed by atoms with E-state index in [1.807, 2.05) is 31.3 Å². The van der Waals surface area contributed by atoms with Crippen LogP contribution < -0.4 is 4.90 Å². The molecule has 1 atom stereocenters. The Morgan fingerprint density at radius 3 is 2.38 bits per heavy atom. The highest BCUT2D eigenvalue weighted by Crippen LogP contribution is 2.25. The second-order valence-corrected chi connectivity index (χ2v) is 5.67. The second-order valence-electron chi connectivity index (χ2n) is 5.27. The first kappa shape index (κ1) is 15.9. The number of halogens is 1. The van der Waals surface area contributed by atoms with Crippen molar-refractivity contribution >= 4 is 17.3 Å². The smallest absolute Gasteiger partial charge is 0.0821 e. The third-order valence-corrected chi connectivity index (χ3v) is 4.13. The SMILES string of the molecule is CCc1ccc(N(C)CCC(O)c2ccccc2Cl)cc1. The number of benzene rings is 2. The van der Waals surface area contributed by atoms with Gasteiger partial charge in [0.1, 0.15) is 0 Å². The number of hydrogen-bond acceptors (Lipinski definition) is 2. The van der Waals surface area contributed by atoms with Gasteiger partial charge in [-0.05, 0) is 42.2 Å². The summed E-state index contributed by atoms with van der Waals surface area (Å²) in [4.78, 5) is 2.15. The van der Waals surface area contributed by atoms with Crippen molar-refractivity contribution in [3.05, 3.63) is 64.7 Å². The first-order valence-electron chi connectivity index (χ1n) is 7.34. The summed E-state index contributed by atoms with van der Waals surface area (Å²) in [5.41, 5.74) is 3.30. The summed E-state index contributed by atoms with van der Waals surface area (Å²) in [5.74, 6) is 0. The van der Waals surface area contributed by atoms with Crippen LogP contribution in [0.2, 0.25) is 5.02 Å². The lowest BCUT2D eigenvalue weighted by Gasteiger charge is -2.22. The summed E-state index contributed by atoms with van der Waals surface area (Å²) in [6.07, 6.45) is 1.17. The van der Waals surface area contributed by atoms with Gasteiger partial charge < -0.3 is 10.0 Å². The maximum absolute atomic E-state index is 10.3. The van der Waals surface area contributed by atoms with Crippen molar-refractivity contribution in [1.82, 2.24) is 0 Å². The minimum absolute atomic E-state index is 0.531. The van der Waals surface area contributed by atoms with Crippen molar-refractivity contribution < 1.29 is 5.11 Å². The van der Waals surface area contributed by atoms with Crippen LogP contribution >= 0.6 is 11.6 Å². The zero-order valence-electron chi connectivity index (χ0n) is 12.6. The molecule has 0 radical (unpaired) electrons. The number of rotatable bonds is 6. The normalized spacial score (nSPS) is 12.2. The van der Waals surface area contributed by atoms with E-state index in [1.54, 1.807) is 0 Å². The predicted octanol–water partition coefficient (Wildman–Crippen LogP) is 4.46. The third kappa shape index (κ3) is 4.23. The predicted molar refractivity (Wildman–Crippen MR) is 90.1 cm³/mol. The Kier molecular flexibility index (Phi) is 5.66. The van der Waals surface area contributed by atoms with Crippen molar-refractivity contribution in [2.45, 2.75) is 25.9 Å². The molecule has 0 heterocycles. The van der Waals surface area contributed by atoms with Crippen molar-refractivity contribution in [3.63, 3.8) is 0 Å². The van der Waals surface area contributed by atoms with Crippen LogP contribution in [-0.2, 0) is 6.42 Å². The summed E-state index contributed by atoms with van der Waals surface area (Å²) in [5, 5.41) is 10.9. The number of hydrogen-bond donors (Lipinski definition) is 1. The Balaban J connectivity index is 1.94. The lowest BCUT2D eigenvalue weighted by molar-refractivity contribution is 0.170. The third-order valence-electron chi connectivity index (χ3n) is 3.79. The molecule has 112 valence electrons. The molecule has 0 bridgehead atoms. The minimum atomic E-state index is -0.531. The molecule has 2 rings (SSSR count). The summed E-state index contributed by atoms with van der Waals surface area (Å²) in [6.45, 7) is 2.93. The molecular weight excluding hydrogens is 282 g/mol. The van der Waals surface area contributed by atoms with Crippen molar-refractivity contribution in [2.75, 3.05) is 18.5 Å². The largest absolute Gasteiger partial charge is 0.388 e. The molecule has 0 aliphatic heterocycles. The minimum Gasteiger partial charge on any atom is -0.388 e. The van der Waals surface area contributed by atoms with Crippen LogP contribution in [0.4, 0.5) is 5.69 Å². The Morgan fingerprint density at radius 2 is 1.76 bits per heavy atom. The zero-order valence-corrected chi connectivity index (χ0v) is 13.3. The lowest BCUT2D eigenvalue weighted by Crippen LogP contribution is -2.20. The number of aliphatic hydroxyl groups excluding tert-OH is 1. The molecule has 0 saturated heterocycles. The fourth-order valence-electron chi connectivity index (χ4n) is 2.33. The van der Waals surface area contributed by atoms with Gasteiger partial charge in [0.25, 0.3) is 0 Å². The summed E-state index contributed by atoms with van der Waals surface area (Å²) >= 11 is 6.11. The van der Waals surface area contributed by atoms with E-state index in [1.165, 1.54) is 11.3 Å². The molecule has 0 aliphatic rings. The molecule has 0 aromatic heterocycles. The topological polar surface area (TPSA) is 23.5 Å². The highest BCUT2D eigenvalue weighted by molar-refractivity contribution is 6.31. The van der Waals surface area contributed by atoms with Crippen molar-refractivity contribution in [3.8, 4) is 0 Å². The van der Waals surface area contributed by atoms with Gasteiger partial charge in [-0.15, -0.1) is 0 Å². The second kappa shape index (κ2) is 7.48. The van der Waals surface area contributed by atoms with Crippen LogP contribution in [0.15, 0.2) is 48.5 Å². The first-order valence-corrected chi connectivity index (χ1v) is 7.72. The molecule has 21 heavy (non-hydrogen) atoms. The molecule has 0 amide bonds. The van der Waals surface area contributed by atoms with Gasteiger partial charge in [-0.1, -0.05) is 48.9 Å². The number of aryl methyl sites for hydroxylation is 1. The zero-order chi connectivity index (χ0) is 15.2. The highest BCUT2D eigenvalue weighted by Gasteiger charge is 2.12. The highest BCUT2D eigenvalue weighted by atomic mass is 35.5. The van der Waals surface area contributed by atoms with Gasteiger partial charge in [0.2, 0.25) is 0 Å². The van der Waals surface area contributed by atoms with Crippen LogP contribution in [0.25, 0.3) is 0 Å². The van der Waals surface area contributed by atoms with E-state index in [9.17, 15) is 5.11 Å². The average Bonchev–Trinajstić information content (AvgIpc) is 2.52. The number of nitrogens with zero attached hydrogens (tertiary/aromatic N) is 1. The Hall–Kier alpha value is -1.51. The maximum Gasteiger partial charge on any atom is 0.0821 e. The molecule has 0 saturated carbocycles. The van der Waals surface area contributed by atoms with Crippen LogP contribution in [0, 0.1) is 0 Å². The molecule has 0 fully saturated rings. The van der Waals surface area contributed by atoms with Crippen LogP contribution in [0.5, 0.6) is 0 Å². The number of aliphatic hydroxyl groups is 1. The fourth-order valence-corrected chi connectivity index (χ4v) is 2.59. The van der Waals surface area contributed by atoms with Gasteiger partial charge in [0, 0.05) is 24.3 Å². The van der Waals surface area contributed by atoms with Gasteiger partial charge in [0.05, 0.1) is 6.10 Å². The lowest BCUT2D eigenvalue weighted by atomic mass is 10.1. The van der Waals surface area contributed by atoms with E-state index < -0.39 is 6.10 Å². The Morgan fingerprint density at radius 1 is 1.10 bits per heavy atom. The summed E-state index contributed by atoms with van der Waals surface area (Å²) in [7, 11) is 2.04. The van der Waals surface area contributed by atoms with E-state index in [-0.39, 0.29) is 0 Å². The van der Waals surface area contributed by atoms with Gasteiger partial charge in [-0.2, -0.15) is 0 Å². The molecule has 2 aromatic carbocycles. The molecule has 0 spiro atoms. The standard InChI is InChI=1S/C18H22ClNO/c1-3-14-8-10-15(11-9-14)20(2)13-12-18(21)16-6-4-5-7-17(16)19/h4-11,18,21H,3,12-13H2,1-2H3. The molecule has 2 nitrogen and oxygen atoms in total. The molecule has 3 heteroatoms. The van der Waals surface area contributed by atoms with E-state index in [0.717, 1.165) is 18.5 Å². The fraction of sp³-hybridized carbons (Fsp3) is 0.333. The van der Waals surface area contributed by atoms with Gasteiger partial charge >= 0.3 is 0 Å². The van der Waals surface area contributed by atoms with Crippen molar-refractivity contribution in [1.29, 1.82) is 0 Å². The Labute approximate surface area is 132 Å². The molecule has 2 aromatic rings. The molecule has 1 N–H and O–H groups in total. The number of anilines is 1. The van der Waals surface area contributed by atoms with E-state index >= 15 is 0 Å². The van der Waals surface area contributed by atoms with E-state index in [4.69, 9.17) is 11.6 Å². The van der Waals surface area contributed by atoms with Crippen LogP contribution in [0.3, 0.4) is 0 Å². The van der Waals surface area contributed by atoms with Gasteiger partial charge in [-0.25, -0.2) is 0 Å². The first-order chi connectivity index (χ1) is 10.1. The van der Waals surface area contributed by atoms with Gasteiger partial charge in [-0.3, -0.25) is 0 Å².